The van der Waals surface area contributed by atoms with Crippen LogP contribution < -0.4 is 5.56 Å². The first-order valence-corrected chi connectivity index (χ1v) is 8.70. The smallest absolute Gasteiger partial charge is 0.310 e. The minimum Gasteiger partial charge on any atom is -0.310 e. The molecule has 0 saturated heterocycles. The predicted octanol–water partition coefficient (Wildman–Crippen LogP) is 5.20. The van der Waals surface area contributed by atoms with Crippen LogP contribution in [0.3, 0.4) is 0 Å². The summed E-state index contributed by atoms with van der Waals surface area (Å²) in [6.07, 6.45) is 3.30. The van der Waals surface area contributed by atoms with Crippen LogP contribution >= 0.6 is 11.6 Å². The van der Waals surface area contributed by atoms with Gasteiger partial charge < -0.3 is 4.98 Å². The third kappa shape index (κ3) is 3.49. The molecule has 1 aliphatic rings. The van der Waals surface area contributed by atoms with E-state index in [2.05, 4.69) is 23.1 Å². The van der Waals surface area contributed by atoms with Crippen LogP contribution in [0.1, 0.15) is 53.9 Å². The van der Waals surface area contributed by atoms with Crippen LogP contribution in [-0.4, -0.2) is 9.97 Å². The monoisotopic (exact) mass is 376 g/mol. The molecular weight excluding hydrogens is 358 g/mol. The van der Waals surface area contributed by atoms with Gasteiger partial charge in [-0.25, -0.2) is 4.98 Å². The Labute approximate surface area is 155 Å². The number of alkyl halides is 2. The SMILES string of the molecule is C=Cc1ccc(Cc2c(C(F)(F)C(=C)C)nc(C3CC3)[nH]c2=O)cc1Cl. The molecule has 0 aliphatic heterocycles. The van der Waals surface area contributed by atoms with Crippen molar-refractivity contribution < 1.29 is 8.78 Å². The fourth-order valence-corrected chi connectivity index (χ4v) is 3.02. The lowest BCUT2D eigenvalue weighted by Crippen LogP contribution is -2.28. The zero-order valence-electron chi connectivity index (χ0n) is 14.4. The second-order valence-corrected chi connectivity index (χ2v) is 7.05. The Kier molecular flexibility index (Phi) is 4.84. The second-order valence-electron chi connectivity index (χ2n) is 6.64. The summed E-state index contributed by atoms with van der Waals surface area (Å²) in [4.78, 5) is 19.4. The Morgan fingerprint density at radius 3 is 2.69 bits per heavy atom. The molecule has 1 heterocycles. The summed E-state index contributed by atoms with van der Waals surface area (Å²) in [6.45, 7) is 8.27. The van der Waals surface area contributed by atoms with E-state index < -0.39 is 17.2 Å². The summed E-state index contributed by atoms with van der Waals surface area (Å²) in [5.74, 6) is -2.99. The molecule has 0 unspecified atom stereocenters. The fourth-order valence-electron chi connectivity index (χ4n) is 2.74. The molecule has 0 amide bonds. The number of aromatic amines is 1. The number of nitrogens with zero attached hydrogens (tertiary/aromatic N) is 1. The summed E-state index contributed by atoms with van der Waals surface area (Å²) >= 11 is 6.16. The molecule has 1 aromatic carbocycles. The van der Waals surface area contributed by atoms with E-state index in [1.807, 2.05) is 0 Å². The zero-order chi connectivity index (χ0) is 19.1. The predicted molar refractivity (Wildman–Crippen MR) is 99.9 cm³/mol. The summed E-state index contributed by atoms with van der Waals surface area (Å²) in [7, 11) is 0. The largest absolute Gasteiger partial charge is 0.311 e. The van der Waals surface area contributed by atoms with E-state index in [0.717, 1.165) is 18.4 Å². The lowest BCUT2D eigenvalue weighted by atomic mass is 9.98. The van der Waals surface area contributed by atoms with Crippen molar-refractivity contribution in [2.75, 3.05) is 0 Å². The van der Waals surface area contributed by atoms with Crippen LogP contribution in [0.15, 0.2) is 41.7 Å². The number of halogens is 3. The van der Waals surface area contributed by atoms with Crippen molar-refractivity contribution >= 4 is 17.7 Å². The summed E-state index contributed by atoms with van der Waals surface area (Å²) in [5.41, 5.74) is -0.0883. The van der Waals surface area contributed by atoms with Crippen LogP contribution in [0.4, 0.5) is 8.78 Å². The highest BCUT2D eigenvalue weighted by atomic mass is 35.5. The molecule has 136 valence electrons. The van der Waals surface area contributed by atoms with Crippen molar-refractivity contribution in [1.29, 1.82) is 0 Å². The first-order chi connectivity index (χ1) is 12.2. The van der Waals surface area contributed by atoms with Crippen LogP contribution in [0.2, 0.25) is 5.02 Å². The highest BCUT2D eigenvalue weighted by Crippen LogP contribution is 2.40. The topological polar surface area (TPSA) is 45.8 Å². The average Bonchev–Trinajstić information content (AvgIpc) is 3.41. The maximum absolute atomic E-state index is 14.7. The van der Waals surface area contributed by atoms with Crippen LogP contribution in [0, 0.1) is 0 Å². The van der Waals surface area contributed by atoms with Crippen molar-refractivity contribution in [3.05, 3.63) is 80.5 Å². The maximum Gasteiger partial charge on any atom is 0.311 e. The van der Waals surface area contributed by atoms with E-state index in [0.29, 0.717) is 16.4 Å². The molecule has 6 heteroatoms. The Morgan fingerprint density at radius 2 is 2.15 bits per heavy atom. The van der Waals surface area contributed by atoms with Gasteiger partial charge in [-0.15, -0.1) is 0 Å². The van der Waals surface area contributed by atoms with Crippen molar-refractivity contribution in [2.45, 2.75) is 38.0 Å². The number of nitrogens with one attached hydrogen (secondary N) is 1. The molecule has 3 rings (SSSR count). The van der Waals surface area contributed by atoms with Crippen molar-refractivity contribution in [3.63, 3.8) is 0 Å². The number of H-pyrrole nitrogens is 1. The van der Waals surface area contributed by atoms with Gasteiger partial charge in [0, 0.05) is 22.9 Å². The first kappa shape index (κ1) is 18.5. The number of allylic oxidation sites excluding steroid dienone is 1. The van der Waals surface area contributed by atoms with Crippen LogP contribution in [-0.2, 0) is 12.3 Å². The third-order valence-corrected chi connectivity index (χ3v) is 4.82. The number of rotatable bonds is 6. The first-order valence-electron chi connectivity index (χ1n) is 8.32. The Balaban J connectivity index is 2.10. The van der Waals surface area contributed by atoms with E-state index in [1.54, 1.807) is 24.3 Å². The van der Waals surface area contributed by atoms with Gasteiger partial charge in [0.1, 0.15) is 11.5 Å². The van der Waals surface area contributed by atoms with Gasteiger partial charge in [0.15, 0.2) is 0 Å². The highest BCUT2D eigenvalue weighted by Gasteiger charge is 2.39. The number of benzene rings is 1. The molecule has 1 aliphatic carbocycles. The van der Waals surface area contributed by atoms with Crippen LogP contribution in [0.5, 0.6) is 0 Å². The van der Waals surface area contributed by atoms with Gasteiger partial charge >= 0.3 is 5.92 Å². The van der Waals surface area contributed by atoms with Crippen LogP contribution in [0.25, 0.3) is 6.08 Å². The summed E-state index contributed by atoms with van der Waals surface area (Å²) < 4.78 is 29.5. The zero-order valence-corrected chi connectivity index (χ0v) is 15.2. The third-order valence-electron chi connectivity index (χ3n) is 4.50. The van der Waals surface area contributed by atoms with Gasteiger partial charge in [0.05, 0.1) is 0 Å². The van der Waals surface area contributed by atoms with Crippen molar-refractivity contribution in [2.24, 2.45) is 0 Å². The molecule has 1 N–H and O–H groups in total. The van der Waals surface area contributed by atoms with Gasteiger partial charge in [-0.05, 0) is 42.5 Å². The van der Waals surface area contributed by atoms with E-state index in [4.69, 9.17) is 11.6 Å². The Hall–Kier alpha value is -2.27. The minimum atomic E-state index is -3.38. The molecule has 0 bridgehead atoms. The molecule has 1 aromatic heterocycles. The Morgan fingerprint density at radius 1 is 1.46 bits per heavy atom. The Bertz CT molecular complexity index is 945. The maximum atomic E-state index is 14.7. The number of aromatic nitrogens is 2. The highest BCUT2D eigenvalue weighted by molar-refractivity contribution is 6.32. The van der Waals surface area contributed by atoms with E-state index in [1.165, 1.54) is 6.92 Å². The van der Waals surface area contributed by atoms with Gasteiger partial charge in [-0.3, -0.25) is 4.79 Å². The van der Waals surface area contributed by atoms with Gasteiger partial charge in [-0.2, -0.15) is 8.78 Å². The average molecular weight is 377 g/mol. The molecule has 26 heavy (non-hydrogen) atoms. The minimum absolute atomic E-state index is 0.00261. The molecule has 1 fully saturated rings. The molecule has 0 spiro atoms. The fraction of sp³-hybridized carbons (Fsp3) is 0.300. The van der Waals surface area contributed by atoms with Gasteiger partial charge in [0.2, 0.25) is 0 Å². The molecule has 0 radical (unpaired) electrons. The lowest BCUT2D eigenvalue weighted by molar-refractivity contribution is 0.0322. The van der Waals surface area contributed by atoms with Crippen molar-refractivity contribution in [1.82, 2.24) is 9.97 Å². The van der Waals surface area contributed by atoms with E-state index in [-0.39, 0.29) is 23.5 Å². The summed E-state index contributed by atoms with van der Waals surface area (Å²) in [6, 6.07) is 5.12. The second kappa shape index (κ2) is 6.80. The molecular formula is C20H19ClF2N2O. The summed E-state index contributed by atoms with van der Waals surface area (Å²) in [5, 5.41) is 0.449. The normalized spacial score (nSPS) is 14.3. The standard InChI is InChI=1S/C20H19ClF2N2O/c1-4-13-6-5-12(10-16(13)21)9-15-17(20(22,23)11(2)3)24-18(14-7-8-14)25-19(15)26/h4-6,10,14H,1-2,7-9H2,3H3,(H,24,25,26). The quantitative estimate of drug-likeness (QED) is 0.704. The molecule has 0 atom stereocenters. The lowest BCUT2D eigenvalue weighted by Gasteiger charge is -2.19. The van der Waals surface area contributed by atoms with Gasteiger partial charge in [0.25, 0.3) is 5.56 Å². The number of hydrogen-bond donors (Lipinski definition) is 1. The molecule has 3 nitrogen and oxygen atoms in total. The molecule has 2 aromatic rings. The van der Waals surface area contributed by atoms with Gasteiger partial charge in [-0.1, -0.05) is 43.0 Å². The van der Waals surface area contributed by atoms with E-state index in [9.17, 15) is 13.6 Å². The van der Waals surface area contributed by atoms with Crippen molar-refractivity contribution in [3.8, 4) is 0 Å². The molecule has 1 saturated carbocycles. The number of hydrogen-bond acceptors (Lipinski definition) is 2. The van der Waals surface area contributed by atoms with E-state index >= 15 is 0 Å².